The third kappa shape index (κ3) is 2.39. The van der Waals surface area contributed by atoms with E-state index in [1.165, 1.54) is 0 Å². The van der Waals surface area contributed by atoms with E-state index in [2.05, 4.69) is 0 Å². The monoisotopic (exact) mass is 216 g/mol. The molecule has 84 valence electrons. The predicted molar refractivity (Wildman–Crippen MR) is 62.9 cm³/mol. The minimum atomic E-state index is -0.978. The molecule has 0 spiro atoms. The summed E-state index contributed by atoms with van der Waals surface area (Å²) >= 11 is 0. The van der Waals surface area contributed by atoms with Crippen LogP contribution in [0.1, 0.15) is 30.9 Å². The highest BCUT2D eigenvalue weighted by atomic mass is 16.3. The van der Waals surface area contributed by atoms with Gasteiger partial charge in [-0.05, 0) is 24.8 Å². The SMILES string of the molecule is O=C(C1C=CCCC1)C(O)c1ccccc1. The van der Waals surface area contributed by atoms with Crippen molar-refractivity contribution in [1.82, 2.24) is 0 Å². The fourth-order valence-electron chi connectivity index (χ4n) is 2.05. The first-order valence-electron chi connectivity index (χ1n) is 5.72. The van der Waals surface area contributed by atoms with Gasteiger partial charge >= 0.3 is 0 Å². The van der Waals surface area contributed by atoms with Gasteiger partial charge in [0.15, 0.2) is 5.78 Å². The highest BCUT2D eigenvalue weighted by Crippen LogP contribution is 2.24. The van der Waals surface area contributed by atoms with Crippen LogP contribution in [0.5, 0.6) is 0 Å². The lowest BCUT2D eigenvalue weighted by Gasteiger charge is -2.18. The largest absolute Gasteiger partial charge is 0.381 e. The first-order chi connectivity index (χ1) is 7.79. The van der Waals surface area contributed by atoms with Gasteiger partial charge in [0.05, 0.1) is 0 Å². The maximum absolute atomic E-state index is 12.0. The quantitative estimate of drug-likeness (QED) is 0.789. The van der Waals surface area contributed by atoms with E-state index in [1.807, 2.05) is 30.4 Å². The molecule has 1 aromatic rings. The van der Waals surface area contributed by atoms with Crippen LogP contribution in [-0.4, -0.2) is 10.9 Å². The van der Waals surface area contributed by atoms with Crippen molar-refractivity contribution in [3.8, 4) is 0 Å². The Morgan fingerprint density at radius 3 is 2.69 bits per heavy atom. The van der Waals surface area contributed by atoms with Gasteiger partial charge < -0.3 is 5.11 Å². The second kappa shape index (κ2) is 5.08. The van der Waals surface area contributed by atoms with Crippen molar-refractivity contribution < 1.29 is 9.90 Å². The molecule has 1 aliphatic carbocycles. The molecule has 0 amide bonds. The van der Waals surface area contributed by atoms with Crippen molar-refractivity contribution in [1.29, 1.82) is 0 Å². The van der Waals surface area contributed by atoms with Gasteiger partial charge in [-0.3, -0.25) is 4.79 Å². The summed E-state index contributed by atoms with van der Waals surface area (Å²) in [5.41, 5.74) is 0.687. The van der Waals surface area contributed by atoms with E-state index < -0.39 is 6.10 Å². The molecule has 1 aliphatic rings. The van der Waals surface area contributed by atoms with E-state index in [0.29, 0.717) is 5.56 Å². The van der Waals surface area contributed by atoms with Crippen LogP contribution in [0.25, 0.3) is 0 Å². The Morgan fingerprint density at radius 2 is 2.06 bits per heavy atom. The van der Waals surface area contributed by atoms with Gasteiger partial charge in [-0.1, -0.05) is 42.5 Å². The zero-order valence-electron chi connectivity index (χ0n) is 9.17. The maximum Gasteiger partial charge on any atom is 0.172 e. The number of carbonyl (C=O) groups is 1. The minimum Gasteiger partial charge on any atom is -0.381 e. The number of allylic oxidation sites excluding steroid dienone is 2. The number of aliphatic hydroxyl groups is 1. The molecule has 0 aliphatic heterocycles. The summed E-state index contributed by atoms with van der Waals surface area (Å²) < 4.78 is 0. The van der Waals surface area contributed by atoms with Gasteiger partial charge in [0.2, 0.25) is 0 Å². The smallest absolute Gasteiger partial charge is 0.172 e. The number of carbonyl (C=O) groups excluding carboxylic acids is 1. The fourth-order valence-corrected chi connectivity index (χ4v) is 2.05. The highest BCUT2D eigenvalue weighted by molar-refractivity contribution is 5.87. The van der Waals surface area contributed by atoms with Crippen LogP contribution in [-0.2, 0) is 4.79 Å². The first kappa shape index (κ1) is 11.1. The Bertz CT molecular complexity index is 381. The van der Waals surface area contributed by atoms with E-state index in [-0.39, 0.29) is 11.7 Å². The first-order valence-corrected chi connectivity index (χ1v) is 5.72. The fraction of sp³-hybridized carbons (Fsp3) is 0.357. The number of ketones is 1. The number of hydrogen-bond acceptors (Lipinski definition) is 2. The normalized spacial score (nSPS) is 21.7. The third-order valence-electron chi connectivity index (χ3n) is 3.00. The number of aliphatic hydroxyl groups excluding tert-OH is 1. The van der Waals surface area contributed by atoms with E-state index in [4.69, 9.17) is 0 Å². The summed E-state index contributed by atoms with van der Waals surface area (Å²) in [5.74, 6) is -0.189. The predicted octanol–water partition coefficient (Wildman–Crippen LogP) is 2.65. The Kier molecular flexibility index (Phi) is 3.52. The Hall–Kier alpha value is -1.41. The molecule has 0 aromatic heterocycles. The van der Waals surface area contributed by atoms with E-state index in [1.54, 1.807) is 12.1 Å². The van der Waals surface area contributed by atoms with Crippen LogP contribution in [0.4, 0.5) is 0 Å². The van der Waals surface area contributed by atoms with Gasteiger partial charge in [-0.25, -0.2) is 0 Å². The van der Waals surface area contributed by atoms with E-state index >= 15 is 0 Å². The van der Waals surface area contributed by atoms with Gasteiger partial charge in [-0.2, -0.15) is 0 Å². The van der Waals surface area contributed by atoms with Crippen LogP contribution in [0.3, 0.4) is 0 Å². The summed E-state index contributed by atoms with van der Waals surface area (Å²) in [5, 5.41) is 9.96. The minimum absolute atomic E-state index is 0.0813. The van der Waals surface area contributed by atoms with Gasteiger partial charge in [0.25, 0.3) is 0 Å². The zero-order chi connectivity index (χ0) is 11.4. The lowest BCUT2D eigenvalue weighted by Crippen LogP contribution is -2.21. The van der Waals surface area contributed by atoms with Crippen molar-refractivity contribution >= 4 is 5.78 Å². The molecule has 2 unspecified atom stereocenters. The molecular formula is C14H16O2. The molecule has 2 heteroatoms. The molecule has 2 nitrogen and oxygen atoms in total. The second-order valence-corrected chi connectivity index (χ2v) is 4.18. The van der Waals surface area contributed by atoms with Crippen molar-refractivity contribution in [2.45, 2.75) is 25.4 Å². The molecular weight excluding hydrogens is 200 g/mol. The van der Waals surface area contributed by atoms with E-state index in [9.17, 15) is 9.90 Å². The second-order valence-electron chi connectivity index (χ2n) is 4.18. The van der Waals surface area contributed by atoms with Gasteiger partial charge in [0.1, 0.15) is 6.10 Å². The van der Waals surface area contributed by atoms with Crippen LogP contribution in [0.15, 0.2) is 42.5 Å². The van der Waals surface area contributed by atoms with Crippen molar-refractivity contribution in [2.75, 3.05) is 0 Å². The van der Waals surface area contributed by atoms with Gasteiger partial charge in [0, 0.05) is 5.92 Å². The van der Waals surface area contributed by atoms with Crippen molar-refractivity contribution in [3.05, 3.63) is 48.0 Å². The molecule has 0 saturated heterocycles. The van der Waals surface area contributed by atoms with Crippen LogP contribution in [0, 0.1) is 5.92 Å². The average molecular weight is 216 g/mol. The third-order valence-corrected chi connectivity index (χ3v) is 3.00. The topological polar surface area (TPSA) is 37.3 Å². The zero-order valence-corrected chi connectivity index (χ0v) is 9.17. The summed E-state index contributed by atoms with van der Waals surface area (Å²) in [7, 11) is 0. The molecule has 0 fully saturated rings. The van der Waals surface area contributed by atoms with Crippen molar-refractivity contribution in [3.63, 3.8) is 0 Å². The summed E-state index contributed by atoms with van der Waals surface area (Å²) in [6.07, 6.45) is 5.93. The standard InChI is InChI=1S/C14H16O2/c15-13(11-7-3-1-4-8-11)14(16)12-9-5-2-6-10-12/h1,3-5,7-9,12-13,15H,2,6,10H2. The lowest BCUT2D eigenvalue weighted by atomic mass is 9.88. The molecule has 0 radical (unpaired) electrons. The van der Waals surface area contributed by atoms with Crippen molar-refractivity contribution in [2.24, 2.45) is 5.92 Å². The van der Waals surface area contributed by atoms with Crippen LogP contribution >= 0.6 is 0 Å². The molecule has 2 rings (SSSR count). The number of Topliss-reactive ketones (excluding diaryl/α,β-unsaturated/α-hetero) is 1. The summed E-state index contributed by atoms with van der Waals surface area (Å²) in [6, 6.07) is 9.12. The molecule has 1 N–H and O–H groups in total. The molecule has 16 heavy (non-hydrogen) atoms. The van der Waals surface area contributed by atoms with Crippen LogP contribution in [0.2, 0.25) is 0 Å². The molecule has 2 atom stereocenters. The maximum atomic E-state index is 12.0. The average Bonchev–Trinajstić information content (AvgIpc) is 2.39. The van der Waals surface area contributed by atoms with Crippen LogP contribution < -0.4 is 0 Å². The Morgan fingerprint density at radius 1 is 1.31 bits per heavy atom. The summed E-state index contributed by atoms with van der Waals surface area (Å²) in [4.78, 5) is 12.0. The molecule has 0 bridgehead atoms. The molecule has 1 aromatic carbocycles. The van der Waals surface area contributed by atoms with Gasteiger partial charge in [-0.15, -0.1) is 0 Å². The highest BCUT2D eigenvalue weighted by Gasteiger charge is 2.25. The number of rotatable bonds is 3. The Balaban J connectivity index is 2.10. The van der Waals surface area contributed by atoms with E-state index in [0.717, 1.165) is 19.3 Å². The molecule has 0 saturated carbocycles. The summed E-state index contributed by atoms with van der Waals surface area (Å²) in [6.45, 7) is 0. The molecule has 0 heterocycles. The Labute approximate surface area is 95.6 Å². The number of hydrogen-bond donors (Lipinski definition) is 1. The number of benzene rings is 1. The lowest BCUT2D eigenvalue weighted by molar-refractivity contribution is -0.130.